The molecule has 1 unspecified atom stereocenters. The largest absolute Gasteiger partial charge is 0.493 e. The first-order valence-electron chi connectivity index (χ1n) is 5.69. The van der Waals surface area contributed by atoms with Crippen LogP contribution in [0.2, 0.25) is 0 Å². The standard InChI is InChI=1S/C14H17NO2S/c1-9-4-7-13(18-9)14(15)10-5-6-11(16-2)12(8-10)17-3/h4-8,14H,15H2,1-3H3. The molecule has 1 atom stereocenters. The molecule has 0 bridgehead atoms. The molecule has 4 heteroatoms. The molecule has 0 spiro atoms. The van der Waals surface area contributed by atoms with Crippen molar-refractivity contribution in [3.63, 3.8) is 0 Å². The van der Waals surface area contributed by atoms with E-state index in [1.807, 2.05) is 18.2 Å². The van der Waals surface area contributed by atoms with Gasteiger partial charge in [0.05, 0.1) is 20.3 Å². The molecule has 2 rings (SSSR count). The van der Waals surface area contributed by atoms with E-state index < -0.39 is 0 Å². The molecule has 0 radical (unpaired) electrons. The summed E-state index contributed by atoms with van der Waals surface area (Å²) >= 11 is 1.72. The van der Waals surface area contributed by atoms with Gasteiger partial charge in [0.2, 0.25) is 0 Å². The van der Waals surface area contributed by atoms with E-state index >= 15 is 0 Å². The van der Waals surface area contributed by atoms with E-state index in [-0.39, 0.29) is 6.04 Å². The second-order valence-corrected chi connectivity index (χ2v) is 5.36. The van der Waals surface area contributed by atoms with E-state index in [9.17, 15) is 0 Å². The molecule has 1 heterocycles. The van der Waals surface area contributed by atoms with Crippen molar-refractivity contribution < 1.29 is 9.47 Å². The summed E-state index contributed by atoms with van der Waals surface area (Å²) in [6.45, 7) is 2.08. The summed E-state index contributed by atoms with van der Waals surface area (Å²) in [7, 11) is 3.25. The summed E-state index contributed by atoms with van der Waals surface area (Å²) in [6.07, 6.45) is 0. The minimum Gasteiger partial charge on any atom is -0.493 e. The summed E-state index contributed by atoms with van der Waals surface area (Å²) in [5, 5.41) is 0. The third-order valence-corrected chi connectivity index (χ3v) is 3.92. The molecule has 0 aliphatic rings. The Labute approximate surface area is 111 Å². The fourth-order valence-corrected chi connectivity index (χ4v) is 2.74. The van der Waals surface area contributed by atoms with Crippen LogP contribution >= 0.6 is 11.3 Å². The maximum atomic E-state index is 6.26. The van der Waals surface area contributed by atoms with Crippen LogP contribution in [0, 0.1) is 6.92 Å². The molecule has 1 aromatic carbocycles. The average molecular weight is 263 g/mol. The molecular formula is C14H17NO2S. The molecule has 96 valence electrons. The molecule has 2 aromatic rings. The minimum absolute atomic E-state index is 0.122. The van der Waals surface area contributed by atoms with Crippen LogP contribution in [0.15, 0.2) is 30.3 Å². The van der Waals surface area contributed by atoms with Gasteiger partial charge in [0.15, 0.2) is 11.5 Å². The lowest BCUT2D eigenvalue weighted by atomic mass is 10.1. The SMILES string of the molecule is COc1ccc(C(N)c2ccc(C)s2)cc1OC. The van der Waals surface area contributed by atoms with Gasteiger partial charge in [0.25, 0.3) is 0 Å². The normalized spacial score (nSPS) is 12.2. The first-order chi connectivity index (χ1) is 8.65. The topological polar surface area (TPSA) is 44.5 Å². The monoisotopic (exact) mass is 263 g/mol. The Bertz CT molecular complexity index is 536. The maximum Gasteiger partial charge on any atom is 0.161 e. The third-order valence-electron chi connectivity index (χ3n) is 2.83. The van der Waals surface area contributed by atoms with Crippen LogP contribution < -0.4 is 15.2 Å². The third kappa shape index (κ3) is 2.49. The fourth-order valence-electron chi connectivity index (χ4n) is 1.83. The number of methoxy groups -OCH3 is 2. The summed E-state index contributed by atoms with van der Waals surface area (Å²) in [5.41, 5.74) is 7.28. The number of rotatable bonds is 4. The first kappa shape index (κ1) is 12.9. The molecule has 0 aliphatic carbocycles. The molecule has 0 saturated carbocycles. The number of thiophene rings is 1. The van der Waals surface area contributed by atoms with Crippen LogP contribution in [0.1, 0.15) is 21.4 Å². The lowest BCUT2D eigenvalue weighted by Gasteiger charge is -2.13. The van der Waals surface area contributed by atoms with Gasteiger partial charge in [-0.3, -0.25) is 0 Å². The van der Waals surface area contributed by atoms with Gasteiger partial charge in [0.1, 0.15) is 0 Å². The predicted molar refractivity (Wildman–Crippen MR) is 74.6 cm³/mol. The number of hydrogen-bond donors (Lipinski definition) is 1. The van der Waals surface area contributed by atoms with Crippen molar-refractivity contribution in [1.82, 2.24) is 0 Å². The van der Waals surface area contributed by atoms with Crippen LogP contribution in [-0.2, 0) is 0 Å². The molecular weight excluding hydrogens is 246 g/mol. The Balaban J connectivity index is 2.33. The maximum absolute atomic E-state index is 6.26. The summed E-state index contributed by atoms with van der Waals surface area (Å²) in [6, 6.07) is 9.82. The van der Waals surface area contributed by atoms with E-state index in [2.05, 4.69) is 19.1 Å². The van der Waals surface area contributed by atoms with Crippen molar-refractivity contribution in [2.24, 2.45) is 5.73 Å². The quantitative estimate of drug-likeness (QED) is 0.921. The van der Waals surface area contributed by atoms with Gasteiger partial charge in [-0.1, -0.05) is 6.07 Å². The van der Waals surface area contributed by atoms with Gasteiger partial charge in [-0.05, 0) is 36.8 Å². The zero-order valence-electron chi connectivity index (χ0n) is 10.8. The molecule has 18 heavy (non-hydrogen) atoms. The molecule has 1 aromatic heterocycles. The zero-order valence-corrected chi connectivity index (χ0v) is 11.6. The van der Waals surface area contributed by atoms with Crippen LogP contribution in [0.25, 0.3) is 0 Å². The lowest BCUT2D eigenvalue weighted by Crippen LogP contribution is -2.10. The van der Waals surface area contributed by atoms with E-state index in [0.29, 0.717) is 5.75 Å². The number of hydrogen-bond acceptors (Lipinski definition) is 4. The molecule has 3 nitrogen and oxygen atoms in total. The summed E-state index contributed by atoms with van der Waals surface area (Å²) in [5.74, 6) is 1.43. The predicted octanol–water partition coefficient (Wildman–Crippen LogP) is 3.12. The van der Waals surface area contributed by atoms with Crippen molar-refractivity contribution in [3.05, 3.63) is 45.6 Å². The zero-order chi connectivity index (χ0) is 13.1. The van der Waals surface area contributed by atoms with Crippen molar-refractivity contribution in [2.75, 3.05) is 14.2 Å². The van der Waals surface area contributed by atoms with E-state index in [4.69, 9.17) is 15.2 Å². The van der Waals surface area contributed by atoms with Gasteiger partial charge in [-0.25, -0.2) is 0 Å². The van der Waals surface area contributed by atoms with Crippen LogP contribution in [0.3, 0.4) is 0 Å². The Kier molecular flexibility index (Phi) is 3.89. The average Bonchev–Trinajstić information content (AvgIpc) is 2.83. The van der Waals surface area contributed by atoms with Crippen molar-refractivity contribution in [1.29, 1.82) is 0 Å². The Morgan fingerprint density at radius 3 is 2.33 bits per heavy atom. The Morgan fingerprint density at radius 1 is 1.06 bits per heavy atom. The smallest absolute Gasteiger partial charge is 0.161 e. The molecule has 0 saturated heterocycles. The highest BCUT2D eigenvalue weighted by atomic mass is 32.1. The van der Waals surface area contributed by atoms with E-state index in [1.165, 1.54) is 4.88 Å². The Morgan fingerprint density at radius 2 is 1.78 bits per heavy atom. The van der Waals surface area contributed by atoms with Crippen molar-refractivity contribution in [3.8, 4) is 11.5 Å². The number of benzene rings is 1. The van der Waals surface area contributed by atoms with Gasteiger partial charge >= 0.3 is 0 Å². The highest BCUT2D eigenvalue weighted by Gasteiger charge is 2.13. The van der Waals surface area contributed by atoms with Gasteiger partial charge < -0.3 is 15.2 Å². The van der Waals surface area contributed by atoms with Gasteiger partial charge in [-0.15, -0.1) is 11.3 Å². The minimum atomic E-state index is -0.122. The van der Waals surface area contributed by atoms with Crippen LogP contribution in [0.4, 0.5) is 0 Å². The molecule has 0 fully saturated rings. The molecule has 0 aliphatic heterocycles. The second kappa shape index (κ2) is 5.42. The second-order valence-electron chi connectivity index (χ2n) is 4.04. The van der Waals surface area contributed by atoms with Gasteiger partial charge in [-0.2, -0.15) is 0 Å². The van der Waals surface area contributed by atoms with Crippen molar-refractivity contribution >= 4 is 11.3 Å². The van der Waals surface area contributed by atoms with E-state index in [1.54, 1.807) is 25.6 Å². The highest BCUT2D eigenvalue weighted by Crippen LogP contribution is 2.33. The first-order valence-corrected chi connectivity index (χ1v) is 6.51. The molecule has 2 N–H and O–H groups in total. The highest BCUT2D eigenvalue weighted by molar-refractivity contribution is 7.12. The fraction of sp³-hybridized carbons (Fsp3) is 0.286. The van der Waals surface area contributed by atoms with Crippen molar-refractivity contribution in [2.45, 2.75) is 13.0 Å². The van der Waals surface area contributed by atoms with E-state index in [0.717, 1.165) is 16.2 Å². The summed E-state index contributed by atoms with van der Waals surface area (Å²) in [4.78, 5) is 2.42. The van der Waals surface area contributed by atoms with Crippen LogP contribution in [-0.4, -0.2) is 14.2 Å². The Hall–Kier alpha value is -1.52. The number of aryl methyl sites for hydroxylation is 1. The van der Waals surface area contributed by atoms with Crippen LogP contribution in [0.5, 0.6) is 11.5 Å². The summed E-state index contributed by atoms with van der Waals surface area (Å²) < 4.78 is 10.5. The van der Waals surface area contributed by atoms with Gasteiger partial charge in [0, 0.05) is 9.75 Å². The number of nitrogens with two attached hydrogens (primary N) is 1. The number of ether oxygens (including phenoxy) is 2. The lowest BCUT2D eigenvalue weighted by molar-refractivity contribution is 0.354. The molecule has 0 amide bonds.